The summed E-state index contributed by atoms with van der Waals surface area (Å²) in [6.07, 6.45) is 2.29. The van der Waals surface area contributed by atoms with Gasteiger partial charge in [-0.2, -0.15) is 0 Å². The molecule has 106 valence electrons. The average Bonchev–Trinajstić information content (AvgIpc) is 2.36. The molecule has 0 aromatic heterocycles. The van der Waals surface area contributed by atoms with Crippen molar-refractivity contribution in [2.75, 3.05) is 13.2 Å². The summed E-state index contributed by atoms with van der Waals surface area (Å²) in [6, 6.07) is 0.130. The van der Waals surface area contributed by atoms with Crippen molar-refractivity contribution in [1.82, 2.24) is 4.90 Å². The SMILES string of the molecule is CCC(CC)N(CCO)C(=O)C(C)(CC)C(N)=S. The van der Waals surface area contributed by atoms with Crippen LogP contribution in [0.1, 0.15) is 47.0 Å². The fourth-order valence-electron chi connectivity index (χ4n) is 2.03. The molecule has 0 aliphatic rings. The molecular formula is C13H26N2O2S. The van der Waals surface area contributed by atoms with Gasteiger partial charge in [-0.05, 0) is 26.2 Å². The smallest absolute Gasteiger partial charge is 0.235 e. The van der Waals surface area contributed by atoms with E-state index in [1.54, 1.807) is 11.8 Å². The molecule has 0 spiro atoms. The first kappa shape index (κ1) is 17.3. The van der Waals surface area contributed by atoms with Crippen molar-refractivity contribution < 1.29 is 9.90 Å². The standard InChI is InChI=1S/C13H26N2O2S/c1-5-10(6-2)15(8-9-16)12(17)13(4,7-3)11(14)18/h10,16H,5-9H2,1-4H3,(H2,14,18). The molecule has 0 bridgehead atoms. The highest BCUT2D eigenvalue weighted by molar-refractivity contribution is 7.80. The molecule has 0 aromatic rings. The highest BCUT2D eigenvalue weighted by Crippen LogP contribution is 2.27. The van der Waals surface area contributed by atoms with Gasteiger partial charge in [-0.25, -0.2) is 0 Å². The van der Waals surface area contributed by atoms with Gasteiger partial charge in [0.1, 0.15) is 0 Å². The maximum Gasteiger partial charge on any atom is 0.235 e. The summed E-state index contributed by atoms with van der Waals surface area (Å²) in [7, 11) is 0. The Balaban J connectivity index is 5.23. The second-order valence-corrected chi connectivity index (χ2v) is 5.18. The first-order chi connectivity index (χ1) is 8.38. The van der Waals surface area contributed by atoms with E-state index in [9.17, 15) is 4.79 Å². The summed E-state index contributed by atoms with van der Waals surface area (Å²) in [6.45, 7) is 8.06. The van der Waals surface area contributed by atoms with Crippen LogP contribution in [0.3, 0.4) is 0 Å². The first-order valence-corrected chi connectivity index (χ1v) is 7.01. The number of hydrogen-bond acceptors (Lipinski definition) is 3. The van der Waals surface area contributed by atoms with Crippen LogP contribution in [0.4, 0.5) is 0 Å². The third kappa shape index (κ3) is 3.65. The van der Waals surface area contributed by atoms with E-state index < -0.39 is 5.41 Å². The van der Waals surface area contributed by atoms with Gasteiger partial charge in [0.25, 0.3) is 0 Å². The van der Waals surface area contributed by atoms with Crippen LogP contribution in [0.5, 0.6) is 0 Å². The number of nitrogens with zero attached hydrogens (tertiary/aromatic N) is 1. The molecule has 3 N–H and O–H groups in total. The van der Waals surface area contributed by atoms with Crippen molar-refractivity contribution in [2.45, 2.75) is 53.0 Å². The summed E-state index contributed by atoms with van der Waals surface area (Å²) < 4.78 is 0. The lowest BCUT2D eigenvalue weighted by Crippen LogP contribution is -2.52. The van der Waals surface area contributed by atoms with Crippen LogP contribution in [0, 0.1) is 5.41 Å². The lowest BCUT2D eigenvalue weighted by Gasteiger charge is -2.37. The quantitative estimate of drug-likeness (QED) is 0.661. The Morgan fingerprint density at radius 3 is 2.17 bits per heavy atom. The predicted octanol–water partition coefficient (Wildman–Crippen LogP) is 1.70. The summed E-state index contributed by atoms with van der Waals surface area (Å²) in [5.74, 6) is -0.0692. The van der Waals surface area contributed by atoms with E-state index in [1.807, 2.05) is 20.8 Å². The fraction of sp³-hybridized carbons (Fsp3) is 0.846. The molecule has 0 saturated carbocycles. The molecule has 0 saturated heterocycles. The van der Waals surface area contributed by atoms with Crippen LogP contribution in [0.2, 0.25) is 0 Å². The van der Waals surface area contributed by atoms with Crippen LogP contribution >= 0.6 is 12.2 Å². The van der Waals surface area contributed by atoms with E-state index in [4.69, 9.17) is 23.1 Å². The Morgan fingerprint density at radius 1 is 1.39 bits per heavy atom. The lowest BCUT2D eigenvalue weighted by atomic mass is 9.85. The molecule has 1 atom stereocenters. The van der Waals surface area contributed by atoms with Gasteiger partial charge in [-0.15, -0.1) is 0 Å². The lowest BCUT2D eigenvalue weighted by molar-refractivity contribution is -0.141. The summed E-state index contributed by atoms with van der Waals surface area (Å²) in [5, 5.41) is 9.14. The van der Waals surface area contributed by atoms with Crippen LogP contribution in [0.25, 0.3) is 0 Å². The van der Waals surface area contributed by atoms with Crippen LogP contribution in [0.15, 0.2) is 0 Å². The molecule has 0 aromatic carbocycles. The zero-order valence-corrected chi connectivity index (χ0v) is 12.7. The molecule has 0 heterocycles. The summed E-state index contributed by atoms with van der Waals surface area (Å²) >= 11 is 5.04. The normalized spacial score (nSPS) is 14.3. The summed E-state index contributed by atoms with van der Waals surface area (Å²) in [5.41, 5.74) is 4.91. The highest BCUT2D eigenvalue weighted by Gasteiger charge is 2.39. The monoisotopic (exact) mass is 274 g/mol. The molecule has 0 radical (unpaired) electrons. The zero-order valence-electron chi connectivity index (χ0n) is 11.9. The number of aliphatic hydroxyl groups excluding tert-OH is 1. The molecule has 4 nitrogen and oxygen atoms in total. The van der Waals surface area contributed by atoms with Crippen molar-refractivity contribution in [3.05, 3.63) is 0 Å². The van der Waals surface area contributed by atoms with Gasteiger partial charge < -0.3 is 15.7 Å². The minimum atomic E-state index is -0.812. The molecule has 5 heteroatoms. The van der Waals surface area contributed by atoms with Gasteiger partial charge in [0, 0.05) is 12.6 Å². The van der Waals surface area contributed by atoms with E-state index in [1.165, 1.54) is 0 Å². The van der Waals surface area contributed by atoms with Crippen LogP contribution in [-0.2, 0) is 4.79 Å². The number of amides is 1. The van der Waals surface area contributed by atoms with E-state index in [0.29, 0.717) is 13.0 Å². The largest absolute Gasteiger partial charge is 0.395 e. The minimum Gasteiger partial charge on any atom is -0.395 e. The minimum absolute atomic E-state index is 0.0423. The van der Waals surface area contributed by atoms with Gasteiger partial charge in [-0.3, -0.25) is 4.79 Å². The molecule has 0 aliphatic heterocycles. The number of thiocarbonyl (C=S) groups is 1. The van der Waals surface area contributed by atoms with E-state index in [2.05, 4.69) is 0 Å². The second kappa shape index (κ2) is 7.69. The van der Waals surface area contributed by atoms with E-state index in [-0.39, 0.29) is 23.5 Å². The van der Waals surface area contributed by atoms with Gasteiger partial charge in [0.05, 0.1) is 17.0 Å². The third-order valence-corrected chi connectivity index (χ3v) is 4.16. The molecule has 0 aliphatic carbocycles. The molecular weight excluding hydrogens is 248 g/mol. The van der Waals surface area contributed by atoms with Gasteiger partial charge in [0.2, 0.25) is 5.91 Å². The maximum atomic E-state index is 12.6. The number of aliphatic hydroxyl groups is 1. The van der Waals surface area contributed by atoms with Crippen molar-refractivity contribution >= 4 is 23.1 Å². The second-order valence-electron chi connectivity index (χ2n) is 4.74. The van der Waals surface area contributed by atoms with Gasteiger partial charge in [0.15, 0.2) is 0 Å². The summed E-state index contributed by atoms with van der Waals surface area (Å²) in [4.78, 5) is 14.6. The van der Waals surface area contributed by atoms with E-state index >= 15 is 0 Å². The first-order valence-electron chi connectivity index (χ1n) is 6.60. The van der Waals surface area contributed by atoms with Crippen molar-refractivity contribution in [3.63, 3.8) is 0 Å². The number of carbonyl (C=O) groups is 1. The van der Waals surface area contributed by atoms with Crippen molar-refractivity contribution in [1.29, 1.82) is 0 Å². The van der Waals surface area contributed by atoms with Crippen molar-refractivity contribution in [3.8, 4) is 0 Å². The number of rotatable bonds is 8. The maximum absolute atomic E-state index is 12.6. The van der Waals surface area contributed by atoms with Crippen molar-refractivity contribution in [2.24, 2.45) is 11.1 Å². The Labute approximate surface area is 116 Å². The number of hydrogen-bond donors (Lipinski definition) is 2. The van der Waals surface area contributed by atoms with E-state index in [0.717, 1.165) is 12.8 Å². The number of carbonyl (C=O) groups excluding carboxylic acids is 1. The fourth-order valence-corrected chi connectivity index (χ4v) is 2.27. The molecule has 0 rings (SSSR count). The third-order valence-electron chi connectivity index (χ3n) is 3.71. The van der Waals surface area contributed by atoms with Crippen LogP contribution in [-0.4, -0.2) is 40.1 Å². The zero-order chi connectivity index (χ0) is 14.3. The molecule has 1 unspecified atom stereocenters. The topological polar surface area (TPSA) is 66.6 Å². The average molecular weight is 274 g/mol. The highest BCUT2D eigenvalue weighted by atomic mass is 32.1. The van der Waals surface area contributed by atoms with Gasteiger partial charge >= 0.3 is 0 Å². The Hall–Kier alpha value is -0.680. The molecule has 18 heavy (non-hydrogen) atoms. The van der Waals surface area contributed by atoms with Gasteiger partial charge in [-0.1, -0.05) is 33.0 Å². The molecule has 1 amide bonds. The Kier molecular flexibility index (Phi) is 7.40. The number of nitrogens with two attached hydrogens (primary N) is 1. The Bertz CT molecular complexity index is 293. The van der Waals surface area contributed by atoms with Crippen LogP contribution < -0.4 is 5.73 Å². The Morgan fingerprint density at radius 2 is 1.89 bits per heavy atom. The molecule has 0 fully saturated rings. The predicted molar refractivity (Wildman–Crippen MR) is 78.4 cm³/mol.